The van der Waals surface area contributed by atoms with Crippen LogP contribution in [0.2, 0.25) is 0 Å². The van der Waals surface area contributed by atoms with Crippen LogP contribution in [0, 0.1) is 5.92 Å². The van der Waals surface area contributed by atoms with Gasteiger partial charge in [0.05, 0.1) is 19.8 Å². The molecule has 2 rings (SSSR count). The number of nitrogens with zero attached hydrogens (tertiary/aromatic N) is 2. The molecule has 1 unspecified atom stereocenters. The third-order valence-electron chi connectivity index (χ3n) is 5.59. The average Bonchev–Trinajstić information content (AvgIpc) is 2.76. The van der Waals surface area contributed by atoms with Crippen LogP contribution < -0.4 is 10.1 Å². The van der Waals surface area contributed by atoms with Crippen molar-refractivity contribution in [2.75, 3.05) is 46.4 Å². The summed E-state index contributed by atoms with van der Waals surface area (Å²) in [5.74, 6) is 0.814. The van der Waals surface area contributed by atoms with E-state index >= 15 is 0 Å². The fraction of sp³-hybridized carbons (Fsp3) is 0.636. The Balaban J connectivity index is 1.96. The Bertz CT molecular complexity index is 655. The average molecular weight is 406 g/mol. The Labute approximate surface area is 174 Å². The second kappa shape index (κ2) is 11.7. The van der Waals surface area contributed by atoms with Gasteiger partial charge in [-0.2, -0.15) is 0 Å². The van der Waals surface area contributed by atoms with E-state index < -0.39 is 0 Å². The third-order valence-corrected chi connectivity index (χ3v) is 5.59. The number of nitrogens with one attached hydrogen (secondary N) is 1. The Morgan fingerprint density at radius 1 is 1.21 bits per heavy atom. The van der Waals surface area contributed by atoms with E-state index in [9.17, 15) is 9.59 Å². The van der Waals surface area contributed by atoms with E-state index in [1.54, 1.807) is 18.9 Å². The predicted octanol–water partition coefficient (Wildman–Crippen LogP) is 3.06. The number of carbonyl (C=O) groups excluding carboxylic acids is 2. The Morgan fingerprint density at radius 2 is 1.90 bits per heavy atom. The normalized spacial score (nSPS) is 15.8. The van der Waals surface area contributed by atoms with Crippen LogP contribution in [0.15, 0.2) is 24.3 Å². The van der Waals surface area contributed by atoms with Gasteiger partial charge in [0, 0.05) is 25.6 Å². The first kappa shape index (κ1) is 23.0. The lowest BCUT2D eigenvalue weighted by atomic mass is 9.95. The molecule has 0 aliphatic carbocycles. The molecule has 0 saturated carbocycles. The number of ether oxygens (including phenoxy) is 2. The number of benzene rings is 1. The summed E-state index contributed by atoms with van der Waals surface area (Å²) in [6, 6.07) is 8.11. The van der Waals surface area contributed by atoms with Crippen molar-refractivity contribution < 1.29 is 19.1 Å². The van der Waals surface area contributed by atoms with E-state index in [0.717, 1.165) is 24.4 Å². The number of likely N-dealkylation sites (N-methyl/N-ethyl adjacent to an activating group) is 1. The van der Waals surface area contributed by atoms with Crippen molar-refractivity contribution in [1.82, 2.24) is 15.1 Å². The zero-order valence-corrected chi connectivity index (χ0v) is 18.1. The molecule has 0 spiro atoms. The molecule has 1 saturated heterocycles. The Hall–Kier alpha value is -2.28. The van der Waals surface area contributed by atoms with Crippen molar-refractivity contribution in [2.45, 2.75) is 39.7 Å². The molecule has 2 amide bonds. The summed E-state index contributed by atoms with van der Waals surface area (Å²) in [5, 5.41) is 3.15. The Morgan fingerprint density at radius 3 is 2.48 bits per heavy atom. The van der Waals surface area contributed by atoms with Gasteiger partial charge < -0.3 is 19.7 Å². The number of hydrogen-bond acceptors (Lipinski definition) is 5. The number of methoxy groups -OCH3 is 1. The fourth-order valence-corrected chi connectivity index (χ4v) is 3.85. The molecule has 1 aromatic carbocycles. The second-order valence-corrected chi connectivity index (χ2v) is 7.22. The van der Waals surface area contributed by atoms with Crippen molar-refractivity contribution in [2.24, 2.45) is 5.92 Å². The lowest BCUT2D eigenvalue weighted by Gasteiger charge is -2.33. The molecule has 1 atom stereocenters. The zero-order valence-electron chi connectivity index (χ0n) is 18.1. The minimum absolute atomic E-state index is 0.0635. The van der Waals surface area contributed by atoms with Crippen LogP contribution in [-0.4, -0.2) is 68.2 Å². The molecule has 1 fully saturated rings. The monoisotopic (exact) mass is 405 g/mol. The number of rotatable bonds is 9. The molecule has 0 aromatic heterocycles. The topological polar surface area (TPSA) is 71.1 Å². The molecule has 162 valence electrons. The Kier molecular flexibility index (Phi) is 9.25. The summed E-state index contributed by atoms with van der Waals surface area (Å²) in [5.41, 5.74) is 1.13. The van der Waals surface area contributed by atoms with Gasteiger partial charge >= 0.3 is 6.09 Å². The van der Waals surface area contributed by atoms with Crippen LogP contribution in [0.1, 0.15) is 45.2 Å². The van der Waals surface area contributed by atoms with Crippen LogP contribution in [0.4, 0.5) is 4.79 Å². The van der Waals surface area contributed by atoms with Gasteiger partial charge in [0.1, 0.15) is 5.75 Å². The molecular weight excluding hydrogens is 370 g/mol. The van der Waals surface area contributed by atoms with Crippen LogP contribution in [0.5, 0.6) is 5.75 Å². The first-order valence-corrected chi connectivity index (χ1v) is 10.6. The van der Waals surface area contributed by atoms with E-state index in [1.807, 2.05) is 18.2 Å². The molecule has 1 aliphatic rings. The molecule has 1 N–H and O–H groups in total. The molecule has 0 bridgehead atoms. The smallest absolute Gasteiger partial charge is 0.409 e. The summed E-state index contributed by atoms with van der Waals surface area (Å²) in [4.78, 5) is 28.6. The maximum Gasteiger partial charge on any atom is 0.409 e. The molecular formula is C22H35N3O4. The van der Waals surface area contributed by atoms with Gasteiger partial charge in [0.2, 0.25) is 5.91 Å². The van der Waals surface area contributed by atoms with Crippen LogP contribution in [-0.2, 0) is 9.53 Å². The highest BCUT2D eigenvalue weighted by Gasteiger charge is 2.29. The van der Waals surface area contributed by atoms with E-state index in [4.69, 9.17) is 9.47 Å². The number of carbonyl (C=O) groups is 2. The minimum atomic E-state index is -0.286. The summed E-state index contributed by atoms with van der Waals surface area (Å²) in [6.07, 6.45) is 1.05. The van der Waals surface area contributed by atoms with Gasteiger partial charge in [-0.15, -0.1) is 0 Å². The summed E-state index contributed by atoms with van der Waals surface area (Å²) >= 11 is 0. The van der Waals surface area contributed by atoms with E-state index in [-0.39, 0.29) is 24.0 Å². The lowest BCUT2D eigenvalue weighted by molar-refractivity contribution is -0.126. The molecule has 7 heteroatoms. The predicted molar refractivity (Wildman–Crippen MR) is 113 cm³/mol. The molecule has 7 nitrogen and oxygen atoms in total. The van der Waals surface area contributed by atoms with Gasteiger partial charge in [0.25, 0.3) is 0 Å². The van der Waals surface area contributed by atoms with Crippen molar-refractivity contribution in [1.29, 1.82) is 0 Å². The highest BCUT2D eigenvalue weighted by Crippen LogP contribution is 2.24. The van der Waals surface area contributed by atoms with Crippen LogP contribution in [0.25, 0.3) is 0 Å². The van der Waals surface area contributed by atoms with E-state index in [0.29, 0.717) is 39.1 Å². The highest BCUT2D eigenvalue weighted by molar-refractivity contribution is 5.79. The largest absolute Gasteiger partial charge is 0.497 e. The molecule has 1 heterocycles. The van der Waals surface area contributed by atoms with Gasteiger partial charge in [-0.3, -0.25) is 9.69 Å². The molecule has 29 heavy (non-hydrogen) atoms. The second-order valence-electron chi connectivity index (χ2n) is 7.22. The van der Waals surface area contributed by atoms with E-state index in [1.165, 1.54) is 0 Å². The first-order valence-electron chi connectivity index (χ1n) is 10.6. The van der Waals surface area contributed by atoms with Crippen LogP contribution >= 0.6 is 0 Å². The minimum Gasteiger partial charge on any atom is -0.497 e. The highest BCUT2D eigenvalue weighted by atomic mass is 16.6. The zero-order chi connectivity index (χ0) is 21.2. The van der Waals surface area contributed by atoms with Crippen molar-refractivity contribution in [3.63, 3.8) is 0 Å². The van der Waals surface area contributed by atoms with Gasteiger partial charge in [-0.05, 0) is 50.6 Å². The summed E-state index contributed by atoms with van der Waals surface area (Å²) in [7, 11) is 1.66. The number of hydrogen-bond donors (Lipinski definition) is 1. The molecule has 0 radical (unpaired) electrons. The standard InChI is InChI=1S/C22H35N3O4/c1-5-24(6-2)20(18-9-8-10-19(15-18)28-4)16-23-21(26)17-11-13-25(14-12-17)22(27)29-7-3/h8-10,15,17,20H,5-7,11-14,16H2,1-4H3,(H,23,26). The number of piperidine rings is 1. The maximum atomic E-state index is 12.8. The van der Waals surface area contributed by atoms with Crippen molar-refractivity contribution in [3.8, 4) is 5.75 Å². The number of amides is 2. The SMILES string of the molecule is CCOC(=O)N1CCC(C(=O)NCC(c2cccc(OC)c2)N(CC)CC)CC1. The molecule has 1 aliphatic heterocycles. The molecule has 1 aromatic rings. The fourth-order valence-electron chi connectivity index (χ4n) is 3.85. The quantitative estimate of drug-likeness (QED) is 0.684. The van der Waals surface area contributed by atoms with Gasteiger partial charge in [-0.1, -0.05) is 26.0 Å². The third kappa shape index (κ3) is 6.35. The first-order chi connectivity index (χ1) is 14.0. The summed E-state index contributed by atoms with van der Waals surface area (Å²) in [6.45, 7) is 9.89. The van der Waals surface area contributed by atoms with Crippen molar-refractivity contribution >= 4 is 12.0 Å². The van der Waals surface area contributed by atoms with Gasteiger partial charge in [0.15, 0.2) is 0 Å². The van der Waals surface area contributed by atoms with Gasteiger partial charge in [-0.25, -0.2) is 4.79 Å². The van der Waals surface area contributed by atoms with E-state index in [2.05, 4.69) is 30.1 Å². The van der Waals surface area contributed by atoms with Crippen LogP contribution in [0.3, 0.4) is 0 Å². The summed E-state index contributed by atoms with van der Waals surface area (Å²) < 4.78 is 10.4. The van der Waals surface area contributed by atoms with Crippen molar-refractivity contribution in [3.05, 3.63) is 29.8 Å². The number of likely N-dealkylation sites (tertiary alicyclic amines) is 1. The maximum absolute atomic E-state index is 12.8. The lowest BCUT2D eigenvalue weighted by Crippen LogP contribution is -2.45.